The van der Waals surface area contributed by atoms with Crippen LogP contribution >= 0.6 is 0 Å². The van der Waals surface area contributed by atoms with Gasteiger partial charge in [0.15, 0.2) is 0 Å². The van der Waals surface area contributed by atoms with Crippen molar-refractivity contribution in [2.45, 2.75) is 53.0 Å². The van der Waals surface area contributed by atoms with Gasteiger partial charge in [-0.1, -0.05) is 32.9 Å². The zero-order valence-electron chi connectivity index (χ0n) is 16.1. The zero-order chi connectivity index (χ0) is 18.9. The van der Waals surface area contributed by atoms with E-state index >= 15 is 0 Å². The largest absolute Gasteiger partial charge is 0.334 e. The SMILES string of the molecule is Cc1cc(-c2ccc(F)cc2)cc(C2CCCN2C(=O)CC(C)(C)C)n1. The first-order valence-corrected chi connectivity index (χ1v) is 9.27. The summed E-state index contributed by atoms with van der Waals surface area (Å²) in [5.41, 5.74) is 3.80. The standard InChI is InChI=1S/C22H27FN2O/c1-15-12-17(16-7-9-18(23)10-8-16)13-19(24-15)20-6-5-11-25(20)21(26)14-22(2,3)4/h7-10,12-13,20H,5-6,11,14H2,1-4H3. The molecule has 1 aliphatic heterocycles. The van der Waals surface area contributed by atoms with Crippen LogP contribution < -0.4 is 0 Å². The second-order valence-corrected chi connectivity index (χ2v) is 8.41. The minimum absolute atomic E-state index is 0.0243. The molecule has 3 nitrogen and oxygen atoms in total. The van der Waals surface area contributed by atoms with Gasteiger partial charge in [0.1, 0.15) is 5.82 Å². The first kappa shape index (κ1) is 18.6. The fourth-order valence-electron chi connectivity index (χ4n) is 3.60. The van der Waals surface area contributed by atoms with E-state index < -0.39 is 0 Å². The number of aromatic nitrogens is 1. The van der Waals surface area contributed by atoms with Gasteiger partial charge in [-0.3, -0.25) is 9.78 Å². The molecular formula is C22H27FN2O. The molecule has 0 radical (unpaired) electrons. The Kier molecular flexibility index (Phi) is 5.12. The summed E-state index contributed by atoms with van der Waals surface area (Å²) in [7, 11) is 0. The summed E-state index contributed by atoms with van der Waals surface area (Å²) < 4.78 is 13.2. The number of hydrogen-bond donors (Lipinski definition) is 0. The molecule has 0 saturated carbocycles. The van der Waals surface area contributed by atoms with Crippen molar-refractivity contribution in [2.75, 3.05) is 6.54 Å². The van der Waals surface area contributed by atoms with Crippen molar-refractivity contribution < 1.29 is 9.18 Å². The summed E-state index contributed by atoms with van der Waals surface area (Å²) >= 11 is 0. The van der Waals surface area contributed by atoms with Gasteiger partial charge < -0.3 is 4.90 Å². The van der Waals surface area contributed by atoms with Gasteiger partial charge >= 0.3 is 0 Å². The second-order valence-electron chi connectivity index (χ2n) is 8.41. The van der Waals surface area contributed by atoms with Crippen molar-refractivity contribution >= 4 is 5.91 Å². The number of hydrogen-bond acceptors (Lipinski definition) is 2. The molecule has 1 fully saturated rings. The highest BCUT2D eigenvalue weighted by atomic mass is 19.1. The molecule has 1 saturated heterocycles. The van der Waals surface area contributed by atoms with Crippen LogP contribution in [0, 0.1) is 18.2 Å². The summed E-state index contributed by atoms with van der Waals surface area (Å²) in [6.07, 6.45) is 2.48. The number of carbonyl (C=O) groups is 1. The lowest BCUT2D eigenvalue weighted by Crippen LogP contribution is -2.33. The molecule has 4 heteroatoms. The molecule has 26 heavy (non-hydrogen) atoms. The highest BCUT2D eigenvalue weighted by Crippen LogP contribution is 2.35. The van der Waals surface area contributed by atoms with E-state index in [0.29, 0.717) is 6.42 Å². The molecule has 2 heterocycles. The van der Waals surface area contributed by atoms with E-state index in [1.807, 2.05) is 24.0 Å². The number of aryl methyl sites for hydroxylation is 1. The first-order valence-electron chi connectivity index (χ1n) is 9.27. The lowest BCUT2D eigenvalue weighted by atomic mass is 9.91. The molecule has 0 N–H and O–H groups in total. The Morgan fingerprint density at radius 2 is 1.88 bits per heavy atom. The van der Waals surface area contributed by atoms with Crippen LogP contribution in [0.2, 0.25) is 0 Å². The molecule has 1 aromatic carbocycles. The number of rotatable bonds is 3. The summed E-state index contributed by atoms with van der Waals surface area (Å²) in [4.78, 5) is 19.5. The van der Waals surface area contributed by atoms with Crippen molar-refractivity contribution in [2.24, 2.45) is 5.41 Å². The summed E-state index contributed by atoms with van der Waals surface area (Å²) in [5.74, 6) is -0.0406. The molecule has 0 bridgehead atoms. The highest BCUT2D eigenvalue weighted by molar-refractivity contribution is 5.77. The molecule has 138 valence electrons. The van der Waals surface area contributed by atoms with Gasteiger partial charge in [-0.25, -0.2) is 4.39 Å². The van der Waals surface area contributed by atoms with Gasteiger partial charge in [0.25, 0.3) is 0 Å². The Morgan fingerprint density at radius 3 is 2.54 bits per heavy atom. The smallest absolute Gasteiger partial charge is 0.223 e. The monoisotopic (exact) mass is 354 g/mol. The van der Waals surface area contributed by atoms with E-state index in [1.54, 1.807) is 12.1 Å². The van der Waals surface area contributed by atoms with E-state index in [0.717, 1.165) is 41.9 Å². The average Bonchev–Trinajstić information content (AvgIpc) is 3.03. The van der Waals surface area contributed by atoms with Crippen molar-refractivity contribution in [1.29, 1.82) is 0 Å². The molecule has 1 amide bonds. The van der Waals surface area contributed by atoms with Crippen LogP contribution in [0.15, 0.2) is 36.4 Å². The number of amides is 1. The molecule has 1 atom stereocenters. The molecule has 0 aliphatic carbocycles. The Balaban J connectivity index is 1.90. The number of halogens is 1. The van der Waals surface area contributed by atoms with E-state index in [2.05, 4.69) is 20.8 Å². The quantitative estimate of drug-likeness (QED) is 0.750. The minimum Gasteiger partial charge on any atom is -0.334 e. The summed E-state index contributed by atoms with van der Waals surface area (Å²) in [5, 5.41) is 0. The maximum atomic E-state index is 13.2. The summed E-state index contributed by atoms with van der Waals surface area (Å²) in [6.45, 7) is 9.03. The predicted octanol–water partition coefficient (Wildman–Crippen LogP) is 5.30. The van der Waals surface area contributed by atoms with E-state index in [4.69, 9.17) is 4.98 Å². The summed E-state index contributed by atoms with van der Waals surface area (Å²) in [6, 6.07) is 10.6. The molecular weight excluding hydrogens is 327 g/mol. The molecule has 1 aliphatic rings. The number of likely N-dealkylation sites (tertiary alicyclic amines) is 1. The van der Waals surface area contributed by atoms with Crippen molar-refractivity contribution in [3.8, 4) is 11.1 Å². The Labute approximate surface area is 155 Å². The van der Waals surface area contributed by atoms with Crippen LogP contribution in [0.3, 0.4) is 0 Å². The zero-order valence-corrected chi connectivity index (χ0v) is 16.1. The van der Waals surface area contributed by atoms with Crippen LogP contribution in [0.25, 0.3) is 11.1 Å². The topological polar surface area (TPSA) is 33.2 Å². The molecule has 1 unspecified atom stereocenters. The minimum atomic E-state index is -0.241. The van der Waals surface area contributed by atoms with Crippen LogP contribution in [-0.2, 0) is 4.79 Å². The number of carbonyl (C=O) groups excluding carboxylic acids is 1. The van der Waals surface area contributed by atoms with Gasteiger partial charge in [-0.15, -0.1) is 0 Å². The fraction of sp³-hybridized carbons (Fsp3) is 0.455. The lowest BCUT2D eigenvalue weighted by Gasteiger charge is -2.28. The molecule has 1 aromatic heterocycles. The highest BCUT2D eigenvalue weighted by Gasteiger charge is 2.32. The van der Waals surface area contributed by atoms with Gasteiger partial charge in [-0.2, -0.15) is 0 Å². The number of benzene rings is 1. The fourth-order valence-corrected chi connectivity index (χ4v) is 3.60. The average molecular weight is 354 g/mol. The van der Waals surface area contributed by atoms with Gasteiger partial charge in [-0.05, 0) is 60.6 Å². The van der Waals surface area contributed by atoms with E-state index in [-0.39, 0.29) is 23.2 Å². The second kappa shape index (κ2) is 7.18. The number of nitrogens with zero attached hydrogens (tertiary/aromatic N) is 2. The van der Waals surface area contributed by atoms with E-state index in [1.165, 1.54) is 12.1 Å². The van der Waals surface area contributed by atoms with Crippen LogP contribution in [0.4, 0.5) is 4.39 Å². The Bertz CT molecular complexity index is 793. The third kappa shape index (κ3) is 4.29. The van der Waals surface area contributed by atoms with Crippen molar-refractivity contribution in [3.05, 3.63) is 53.6 Å². The predicted molar refractivity (Wildman–Crippen MR) is 102 cm³/mol. The van der Waals surface area contributed by atoms with Gasteiger partial charge in [0.2, 0.25) is 5.91 Å². The third-order valence-corrected chi connectivity index (χ3v) is 4.75. The first-order chi connectivity index (χ1) is 12.2. The van der Waals surface area contributed by atoms with Crippen LogP contribution in [0.1, 0.15) is 57.5 Å². The maximum absolute atomic E-state index is 13.2. The van der Waals surface area contributed by atoms with Gasteiger partial charge in [0.05, 0.1) is 11.7 Å². The maximum Gasteiger partial charge on any atom is 0.223 e. The molecule has 0 spiro atoms. The van der Waals surface area contributed by atoms with Crippen LogP contribution in [-0.4, -0.2) is 22.3 Å². The molecule has 3 rings (SSSR count). The lowest BCUT2D eigenvalue weighted by molar-refractivity contribution is -0.134. The van der Waals surface area contributed by atoms with E-state index in [9.17, 15) is 9.18 Å². The number of pyridine rings is 1. The Morgan fingerprint density at radius 1 is 1.19 bits per heavy atom. The Hall–Kier alpha value is -2.23. The molecule has 2 aromatic rings. The van der Waals surface area contributed by atoms with Gasteiger partial charge in [0, 0.05) is 18.7 Å². The normalized spacial score (nSPS) is 17.6. The van der Waals surface area contributed by atoms with Crippen LogP contribution in [0.5, 0.6) is 0 Å². The van der Waals surface area contributed by atoms with Crippen molar-refractivity contribution in [1.82, 2.24) is 9.88 Å². The third-order valence-electron chi connectivity index (χ3n) is 4.75. The van der Waals surface area contributed by atoms with Crippen molar-refractivity contribution in [3.63, 3.8) is 0 Å².